The molecule has 2 unspecified atom stereocenters. The largest absolute Gasteiger partial charge is 0.373 e. The van der Waals surface area contributed by atoms with Crippen molar-refractivity contribution in [2.45, 2.75) is 83.1 Å². The number of nitrogens with zero attached hydrogens (tertiary/aromatic N) is 3. The normalized spacial score (nSPS) is 20.3. The van der Waals surface area contributed by atoms with Crippen molar-refractivity contribution in [1.82, 2.24) is 19.8 Å². The van der Waals surface area contributed by atoms with Gasteiger partial charge in [-0.25, -0.2) is 18.5 Å². The Kier molecular flexibility index (Phi) is 7.83. The van der Waals surface area contributed by atoms with Gasteiger partial charge in [-0.1, -0.05) is 6.92 Å². The van der Waals surface area contributed by atoms with Gasteiger partial charge in [-0.3, -0.25) is 9.69 Å². The van der Waals surface area contributed by atoms with Gasteiger partial charge in [0.2, 0.25) is 15.9 Å². The highest BCUT2D eigenvalue weighted by Gasteiger charge is 2.33. The molecule has 1 fully saturated rings. The van der Waals surface area contributed by atoms with Crippen molar-refractivity contribution >= 4 is 27.0 Å². The second-order valence-corrected chi connectivity index (χ2v) is 11.2. The van der Waals surface area contributed by atoms with Gasteiger partial charge >= 0.3 is 0 Å². The van der Waals surface area contributed by atoms with Crippen molar-refractivity contribution in [1.29, 1.82) is 0 Å². The zero-order chi connectivity index (χ0) is 24.4. The van der Waals surface area contributed by atoms with Gasteiger partial charge in [0.25, 0.3) is 0 Å². The maximum absolute atomic E-state index is 12.7. The molecule has 1 amide bonds. The minimum absolute atomic E-state index is 0.0299. The van der Waals surface area contributed by atoms with E-state index in [0.717, 1.165) is 37.4 Å². The summed E-state index contributed by atoms with van der Waals surface area (Å²) in [6.45, 7) is 13.5. The van der Waals surface area contributed by atoms with E-state index in [1.165, 1.54) is 12.1 Å². The lowest BCUT2D eigenvalue weighted by Crippen LogP contribution is -2.58. The molecule has 1 aliphatic heterocycles. The highest BCUT2D eigenvalue weighted by Crippen LogP contribution is 2.22. The van der Waals surface area contributed by atoms with Gasteiger partial charge in [-0.2, -0.15) is 0 Å². The number of hydrogen-bond donors (Lipinski definition) is 2. The standard InChI is InChI=1S/C23H37N5O4S/c1-6-11-28-20-8-7-18(33(24,30)31)12-19(20)26-21(28)9-10-22(29)25-15-23(4,5)27-13-16(2)32-17(3)14-27/h7-8,12,16-17H,6,9-11,13-15H2,1-5H3,(H,25,29)(H2,24,30,31). The number of nitrogens with two attached hydrogens (primary N) is 1. The van der Waals surface area contributed by atoms with E-state index in [-0.39, 0.29) is 28.5 Å². The summed E-state index contributed by atoms with van der Waals surface area (Å²) in [7, 11) is -3.80. The molecule has 9 nitrogen and oxygen atoms in total. The number of imidazole rings is 1. The van der Waals surface area contributed by atoms with Gasteiger partial charge in [0.15, 0.2) is 0 Å². The SMILES string of the molecule is CCCn1c(CCC(=O)NCC(C)(C)N2CC(C)OC(C)C2)nc2cc(S(N)(=O)=O)ccc21. The van der Waals surface area contributed by atoms with E-state index < -0.39 is 10.0 Å². The second-order valence-electron chi connectivity index (χ2n) is 9.63. The number of aromatic nitrogens is 2. The van der Waals surface area contributed by atoms with E-state index in [1.54, 1.807) is 6.07 Å². The molecule has 1 saturated heterocycles. The number of nitrogens with one attached hydrogen (secondary N) is 1. The molecule has 1 aliphatic rings. The predicted molar refractivity (Wildman–Crippen MR) is 128 cm³/mol. The van der Waals surface area contributed by atoms with Crippen LogP contribution in [0.5, 0.6) is 0 Å². The third-order valence-electron chi connectivity index (χ3n) is 6.14. The summed E-state index contributed by atoms with van der Waals surface area (Å²) in [4.78, 5) is 19.7. The number of benzene rings is 1. The lowest BCUT2D eigenvalue weighted by atomic mass is 10.00. The molecule has 2 aromatic rings. The lowest BCUT2D eigenvalue weighted by molar-refractivity contribution is -0.123. The molecule has 0 radical (unpaired) electrons. The number of carbonyl (C=O) groups excluding carboxylic acids is 1. The molecule has 184 valence electrons. The van der Waals surface area contributed by atoms with Gasteiger partial charge in [0, 0.05) is 44.6 Å². The molecule has 0 aliphatic carbocycles. The second kappa shape index (κ2) is 10.1. The zero-order valence-electron chi connectivity index (χ0n) is 20.3. The molecular weight excluding hydrogens is 442 g/mol. The van der Waals surface area contributed by atoms with Crippen LogP contribution in [0.4, 0.5) is 0 Å². The number of carbonyl (C=O) groups is 1. The molecule has 2 heterocycles. The Morgan fingerprint density at radius 3 is 2.55 bits per heavy atom. The van der Waals surface area contributed by atoms with E-state index in [9.17, 15) is 13.2 Å². The molecule has 0 saturated carbocycles. The lowest BCUT2D eigenvalue weighted by Gasteiger charge is -2.45. The average Bonchev–Trinajstić information content (AvgIpc) is 3.06. The van der Waals surface area contributed by atoms with Gasteiger partial charge < -0.3 is 14.6 Å². The maximum atomic E-state index is 12.7. The molecule has 1 aromatic heterocycles. The first kappa shape index (κ1) is 25.6. The Balaban J connectivity index is 1.65. The first-order chi connectivity index (χ1) is 15.4. The molecule has 3 rings (SSSR count). The molecule has 0 spiro atoms. The number of hydrogen-bond acceptors (Lipinski definition) is 6. The van der Waals surface area contributed by atoms with Gasteiger partial charge in [0.1, 0.15) is 5.82 Å². The minimum atomic E-state index is -3.80. The molecule has 0 bridgehead atoms. The molecule has 1 aromatic carbocycles. The Hall–Kier alpha value is -2.01. The molecular formula is C23H37N5O4S. The number of primary sulfonamides is 1. The number of aryl methyl sites for hydroxylation is 2. The monoisotopic (exact) mass is 479 g/mol. The molecule has 2 atom stereocenters. The maximum Gasteiger partial charge on any atom is 0.238 e. The number of fused-ring (bicyclic) bond motifs is 1. The third kappa shape index (κ3) is 6.32. The summed E-state index contributed by atoms with van der Waals surface area (Å²) in [5.41, 5.74) is 1.24. The quantitative estimate of drug-likeness (QED) is 0.568. The van der Waals surface area contributed by atoms with E-state index in [1.807, 2.05) is 0 Å². The van der Waals surface area contributed by atoms with Crippen molar-refractivity contribution in [2.75, 3.05) is 19.6 Å². The van der Waals surface area contributed by atoms with Crippen LogP contribution in [0.15, 0.2) is 23.1 Å². The van der Waals surface area contributed by atoms with Gasteiger partial charge in [-0.05, 0) is 52.3 Å². The zero-order valence-corrected chi connectivity index (χ0v) is 21.1. The van der Waals surface area contributed by atoms with Crippen LogP contribution in [0.3, 0.4) is 0 Å². The summed E-state index contributed by atoms with van der Waals surface area (Å²) < 4.78 is 31.3. The summed E-state index contributed by atoms with van der Waals surface area (Å²) in [6, 6.07) is 4.72. The Morgan fingerprint density at radius 2 is 1.94 bits per heavy atom. The molecule has 3 N–H and O–H groups in total. The highest BCUT2D eigenvalue weighted by atomic mass is 32.2. The van der Waals surface area contributed by atoms with E-state index in [4.69, 9.17) is 9.88 Å². The van der Waals surface area contributed by atoms with Crippen LogP contribution >= 0.6 is 0 Å². The minimum Gasteiger partial charge on any atom is -0.373 e. The average molecular weight is 480 g/mol. The fourth-order valence-corrected chi connectivity index (χ4v) is 4.95. The van der Waals surface area contributed by atoms with Crippen LogP contribution in [-0.4, -0.2) is 66.2 Å². The summed E-state index contributed by atoms with van der Waals surface area (Å²) >= 11 is 0. The van der Waals surface area contributed by atoms with E-state index in [0.29, 0.717) is 24.9 Å². The van der Waals surface area contributed by atoms with Crippen molar-refractivity contribution in [2.24, 2.45) is 5.14 Å². The fourth-order valence-electron chi connectivity index (χ4n) is 4.41. The number of amides is 1. The van der Waals surface area contributed by atoms with Crippen LogP contribution in [0.2, 0.25) is 0 Å². The summed E-state index contributed by atoms with van der Waals surface area (Å²) in [5.74, 6) is 0.737. The van der Waals surface area contributed by atoms with Crippen LogP contribution in [0.1, 0.15) is 53.3 Å². The number of sulfonamides is 1. The molecule has 10 heteroatoms. The van der Waals surface area contributed by atoms with Crippen LogP contribution < -0.4 is 10.5 Å². The van der Waals surface area contributed by atoms with E-state index in [2.05, 4.69) is 54.4 Å². The van der Waals surface area contributed by atoms with E-state index >= 15 is 0 Å². The Labute approximate surface area is 196 Å². The van der Waals surface area contributed by atoms with Crippen molar-refractivity contribution in [3.8, 4) is 0 Å². The van der Waals surface area contributed by atoms with Crippen molar-refractivity contribution in [3.05, 3.63) is 24.0 Å². The highest BCUT2D eigenvalue weighted by molar-refractivity contribution is 7.89. The topological polar surface area (TPSA) is 120 Å². The smallest absolute Gasteiger partial charge is 0.238 e. The summed E-state index contributed by atoms with van der Waals surface area (Å²) in [6.07, 6.45) is 2.01. The van der Waals surface area contributed by atoms with Crippen molar-refractivity contribution < 1.29 is 17.9 Å². The predicted octanol–water partition coefficient (Wildman–Crippen LogP) is 2.03. The number of ether oxygens (including phenoxy) is 1. The van der Waals surface area contributed by atoms with Crippen LogP contribution in [0.25, 0.3) is 11.0 Å². The Morgan fingerprint density at radius 1 is 1.27 bits per heavy atom. The molecule has 33 heavy (non-hydrogen) atoms. The Bertz CT molecular complexity index is 1090. The number of morpholine rings is 1. The summed E-state index contributed by atoms with van der Waals surface area (Å²) in [5, 5.41) is 8.34. The first-order valence-electron chi connectivity index (χ1n) is 11.6. The van der Waals surface area contributed by atoms with Crippen LogP contribution in [0, 0.1) is 0 Å². The first-order valence-corrected chi connectivity index (χ1v) is 13.1. The fraction of sp³-hybridized carbons (Fsp3) is 0.652. The number of rotatable bonds is 9. The third-order valence-corrected chi connectivity index (χ3v) is 7.06. The van der Waals surface area contributed by atoms with Gasteiger partial charge in [-0.15, -0.1) is 0 Å². The van der Waals surface area contributed by atoms with Gasteiger partial charge in [0.05, 0.1) is 28.1 Å². The van der Waals surface area contributed by atoms with Crippen molar-refractivity contribution in [3.63, 3.8) is 0 Å². The van der Waals surface area contributed by atoms with Crippen LogP contribution in [-0.2, 0) is 32.5 Å².